The molecule has 0 fully saturated rings. The van der Waals surface area contributed by atoms with Crippen LogP contribution in [0.25, 0.3) is 0 Å². The van der Waals surface area contributed by atoms with Gasteiger partial charge >= 0.3 is 0 Å². The van der Waals surface area contributed by atoms with Crippen LogP contribution in [0.5, 0.6) is 0 Å². The molecule has 0 unspecified atom stereocenters. The Balaban J connectivity index is 3.04. The summed E-state index contributed by atoms with van der Waals surface area (Å²) < 4.78 is 31.1. The van der Waals surface area contributed by atoms with Crippen molar-refractivity contribution in [1.82, 2.24) is 10.0 Å². The van der Waals surface area contributed by atoms with Crippen LogP contribution in [0.1, 0.15) is 12.7 Å². The lowest BCUT2D eigenvalue weighted by Gasteiger charge is -2.00. The SMILES string of the molecule is CCNS(=O)(=O)c1cc(CNC)oc1Br. The van der Waals surface area contributed by atoms with Crippen LogP contribution in [0.3, 0.4) is 0 Å². The highest BCUT2D eigenvalue weighted by atomic mass is 79.9. The lowest BCUT2D eigenvalue weighted by Crippen LogP contribution is -2.22. The normalized spacial score (nSPS) is 11.9. The molecule has 0 saturated carbocycles. The smallest absolute Gasteiger partial charge is 0.244 e. The van der Waals surface area contributed by atoms with Gasteiger partial charge in [-0.05, 0) is 23.0 Å². The predicted molar refractivity (Wildman–Crippen MR) is 60.0 cm³/mol. The van der Waals surface area contributed by atoms with E-state index in [1.54, 1.807) is 14.0 Å². The van der Waals surface area contributed by atoms with Crippen molar-refractivity contribution < 1.29 is 12.8 Å². The number of rotatable bonds is 5. The summed E-state index contributed by atoms with van der Waals surface area (Å²) in [7, 11) is -1.70. The van der Waals surface area contributed by atoms with Crippen molar-refractivity contribution in [2.24, 2.45) is 0 Å². The van der Waals surface area contributed by atoms with Gasteiger partial charge in [-0.3, -0.25) is 0 Å². The van der Waals surface area contributed by atoms with Crippen molar-refractivity contribution >= 4 is 26.0 Å². The maximum Gasteiger partial charge on any atom is 0.244 e. The second-order valence-electron chi connectivity index (χ2n) is 2.88. The fourth-order valence-electron chi connectivity index (χ4n) is 1.11. The van der Waals surface area contributed by atoms with E-state index < -0.39 is 10.0 Å². The molecule has 0 spiro atoms. The third-order valence-corrected chi connectivity index (χ3v) is 4.08. The minimum Gasteiger partial charge on any atom is -0.452 e. The number of furan rings is 1. The minimum atomic E-state index is -3.46. The Hall–Kier alpha value is -0.370. The molecule has 0 amide bonds. The summed E-state index contributed by atoms with van der Waals surface area (Å²) >= 11 is 3.08. The molecule has 1 aromatic heterocycles. The number of sulfonamides is 1. The Morgan fingerprint density at radius 2 is 2.20 bits per heavy atom. The van der Waals surface area contributed by atoms with Crippen molar-refractivity contribution in [1.29, 1.82) is 0 Å². The second kappa shape index (κ2) is 5.11. The van der Waals surface area contributed by atoms with Gasteiger partial charge in [-0.15, -0.1) is 0 Å². The minimum absolute atomic E-state index is 0.134. The van der Waals surface area contributed by atoms with Crippen LogP contribution in [-0.2, 0) is 16.6 Å². The Bertz CT molecular complexity index is 427. The van der Waals surface area contributed by atoms with E-state index in [4.69, 9.17) is 4.42 Å². The summed E-state index contributed by atoms with van der Waals surface area (Å²) in [6.45, 7) is 2.56. The zero-order valence-electron chi connectivity index (χ0n) is 8.50. The summed E-state index contributed by atoms with van der Waals surface area (Å²) in [5.41, 5.74) is 0. The van der Waals surface area contributed by atoms with Gasteiger partial charge in [0.15, 0.2) is 4.67 Å². The highest BCUT2D eigenvalue weighted by Crippen LogP contribution is 2.25. The average molecular weight is 297 g/mol. The molecule has 1 rings (SSSR count). The molecule has 0 saturated heterocycles. The predicted octanol–water partition coefficient (Wildman–Crippen LogP) is 1.06. The van der Waals surface area contributed by atoms with Gasteiger partial charge in [0.05, 0.1) is 6.54 Å². The molecule has 15 heavy (non-hydrogen) atoms. The summed E-state index contributed by atoms with van der Waals surface area (Å²) in [5, 5.41) is 2.88. The first-order chi connectivity index (χ1) is 7.01. The van der Waals surface area contributed by atoms with E-state index in [-0.39, 0.29) is 9.56 Å². The van der Waals surface area contributed by atoms with Gasteiger partial charge in [-0.25, -0.2) is 13.1 Å². The van der Waals surface area contributed by atoms with E-state index in [9.17, 15) is 8.42 Å². The van der Waals surface area contributed by atoms with Crippen molar-refractivity contribution in [3.05, 3.63) is 16.5 Å². The molecule has 0 atom stereocenters. The van der Waals surface area contributed by atoms with Crippen LogP contribution in [-0.4, -0.2) is 22.0 Å². The highest BCUT2D eigenvalue weighted by Gasteiger charge is 2.21. The standard InChI is InChI=1S/C8H13BrN2O3S/c1-3-11-15(12,13)7-4-6(5-10-2)14-8(7)9/h4,10-11H,3,5H2,1-2H3. The van der Waals surface area contributed by atoms with E-state index in [2.05, 4.69) is 26.0 Å². The Kier molecular flexibility index (Phi) is 4.32. The van der Waals surface area contributed by atoms with Crippen LogP contribution >= 0.6 is 15.9 Å². The largest absolute Gasteiger partial charge is 0.452 e. The molecule has 0 aliphatic rings. The van der Waals surface area contributed by atoms with Gasteiger partial charge in [0.2, 0.25) is 10.0 Å². The van der Waals surface area contributed by atoms with E-state index in [0.717, 1.165) is 0 Å². The molecule has 86 valence electrons. The maximum atomic E-state index is 11.6. The highest BCUT2D eigenvalue weighted by molar-refractivity contribution is 9.10. The van der Waals surface area contributed by atoms with Crippen molar-refractivity contribution in [3.8, 4) is 0 Å². The molecule has 7 heteroatoms. The Labute approximate surface area is 97.4 Å². The maximum absolute atomic E-state index is 11.6. The van der Waals surface area contributed by atoms with E-state index in [1.165, 1.54) is 6.07 Å². The van der Waals surface area contributed by atoms with Gasteiger partial charge in [0.1, 0.15) is 10.7 Å². The van der Waals surface area contributed by atoms with Crippen LogP contribution in [0.4, 0.5) is 0 Å². The topological polar surface area (TPSA) is 71.3 Å². The van der Waals surface area contributed by atoms with Gasteiger partial charge < -0.3 is 9.73 Å². The molecule has 0 aliphatic carbocycles. The molecular formula is C8H13BrN2O3S. The number of halogens is 1. The van der Waals surface area contributed by atoms with Crippen LogP contribution < -0.4 is 10.0 Å². The lowest BCUT2D eigenvalue weighted by molar-refractivity contribution is 0.470. The summed E-state index contributed by atoms with van der Waals surface area (Å²) in [4.78, 5) is 0.134. The van der Waals surface area contributed by atoms with Gasteiger partial charge in [0.25, 0.3) is 0 Å². The van der Waals surface area contributed by atoms with Crippen LogP contribution in [0.2, 0.25) is 0 Å². The fraction of sp³-hybridized carbons (Fsp3) is 0.500. The van der Waals surface area contributed by atoms with Crippen molar-refractivity contribution in [2.45, 2.75) is 18.4 Å². The molecule has 5 nitrogen and oxygen atoms in total. The third-order valence-electron chi connectivity index (χ3n) is 1.68. The zero-order valence-corrected chi connectivity index (χ0v) is 10.9. The lowest BCUT2D eigenvalue weighted by atomic mass is 10.4. The Morgan fingerprint density at radius 3 is 2.73 bits per heavy atom. The first-order valence-electron chi connectivity index (χ1n) is 4.43. The first kappa shape index (κ1) is 12.7. The molecule has 0 aliphatic heterocycles. The third kappa shape index (κ3) is 3.04. The first-order valence-corrected chi connectivity index (χ1v) is 6.71. The summed E-state index contributed by atoms with van der Waals surface area (Å²) in [6, 6.07) is 1.50. The van der Waals surface area contributed by atoms with Crippen LogP contribution in [0.15, 0.2) is 20.0 Å². The van der Waals surface area contributed by atoms with E-state index in [1.807, 2.05) is 0 Å². The molecule has 1 aromatic rings. The van der Waals surface area contributed by atoms with Crippen molar-refractivity contribution in [3.63, 3.8) is 0 Å². The van der Waals surface area contributed by atoms with Gasteiger partial charge in [-0.2, -0.15) is 0 Å². The fourth-order valence-corrected chi connectivity index (χ4v) is 3.15. The molecule has 2 N–H and O–H groups in total. The molecule has 0 aromatic carbocycles. The summed E-state index contributed by atoms with van der Waals surface area (Å²) in [6.07, 6.45) is 0. The van der Waals surface area contributed by atoms with Gasteiger partial charge in [0, 0.05) is 12.6 Å². The monoisotopic (exact) mass is 296 g/mol. The number of nitrogens with one attached hydrogen (secondary N) is 2. The van der Waals surface area contributed by atoms with Crippen molar-refractivity contribution in [2.75, 3.05) is 13.6 Å². The summed E-state index contributed by atoms with van der Waals surface area (Å²) in [5.74, 6) is 0.570. The quantitative estimate of drug-likeness (QED) is 0.852. The molecular weight excluding hydrogens is 284 g/mol. The zero-order chi connectivity index (χ0) is 11.5. The van der Waals surface area contributed by atoms with E-state index in [0.29, 0.717) is 18.8 Å². The molecule has 1 heterocycles. The van der Waals surface area contributed by atoms with Crippen LogP contribution in [0, 0.1) is 0 Å². The molecule has 0 bridgehead atoms. The van der Waals surface area contributed by atoms with Gasteiger partial charge in [-0.1, -0.05) is 6.92 Å². The van der Waals surface area contributed by atoms with E-state index >= 15 is 0 Å². The average Bonchev–Trinajstić information content (AvgIpc) is 2.48. The number of hydrogen-bond acceptors (Lipinski definition) is 4. The second-order valence-corrected chi connectivity index (χ2v) is 5.34. The Morgan fingerprint density at radius 1 is 1.53 bits per heavy atom. The molecule has 0 radical (unpaired) electrons. The number of hydrogen-bond donors (Lipinski definition) is 2.